The molecule has 0 aliphatic heterocycles. The van der Waals surface area contributed by atoms with Crippen LogP contribution in [0.5, 0.6) is 0 Å². The van der Waals surface area contributed by atoms with Crippen LogP contribution in [0.1, 0.15) is 13.8 Å². The predicted molar refractivity (Wildman–Crippen MR) is 57.1 cm³/mol. The van der Waals surface area contributed by atoms with E-state index >= 15 is 0 Å². The number of nitrogens with one attached hydrogen (secondary N) is 1. The van der Waals surface area contributed by atoms with Crippen LogP contribution < -0.4 is 5.32 Å². The van der Waals surface area contributed by atoms with Gasteiger partial charge in [0.15, 0.2) is 0 Å². The number of methoxy groups -OCH3 is 1. The molecule has 0 aliphatic carbocycles. The lowest BCUT2D eigenvalue weighted by Gasteiger charge is -2.24. The van der Waals surface area contributed by atoms with E-state index in [1.54, 1.807) is 7.11 Å². The molecule has 1 atom stereocenters. The molecule has 0 heterocycles. The van der Waals surface area contributed by atoms with Crippen LogP contribution in [0.2, 0.25) is 0 Å². The van der Waals surface area contributed by atoms with Gasteiger partial charge in [0.2, 0.25) is 0 Å². The molecule has 0 aromatic rings. The first-order valence-electron chi connectivity index (χ1n) is 4.94. The first-order chi connectivity index (χ1) is 6.10. The summed E-state index contributed by atoms with van der Waals surface area (Å²) in [6, 6.07) is 0.439. The normalized spacial score (nSPS) is 14.1. The third-order valence-corrected chi connectivity index (χ3v) is 1.98. The van der Waals surface area contributed by atoms with Crippen LogP contribution in [0.25, 0.3) is 0 Å². The van der Waals surface area contributed by atoms with Crippen molar-refractivity contribution < 1.29 is 4.74 Å². The molecule has 13 heavy (non-hydrogen) atoms. The quantitative estimate of drug-likeness (QED) is 0.640. The molecule has 0 amide bonds. The molecule has 3 heteroatoms. The molecule has 0 bridgehead atoms. The molecule has 0 fully saturated rings. The van der Waals surface area contributed by atoms with Crippen LogP contribution >= 0.6 is 0 Å². The van der Waals surface area contributed by atoms with Crippen molar-refractivity contribution in [2.45, 2.75) is 19.9 Å². The lowest BCUT2D eigenvalue weighted by molar-refractivity contribution is 0.146. The molecule has 0 spiro atoms. The van der Waals surface area contributed by atoms with Crippen LogP contribution in [0.3, 0.4) is 0 Å². The summed E-state index contributed by atoms with van der Waals surface area (Å²) in [5, 5.41) is 3.24. The minimum atomic E-state index is 0.439. The van der Waals surface area contributed by atoms with E-state index in [1.807, 2.05) is 7.05 Å². The van der Waals surface area contributed by atoms with Crippen molar-refractivity contribution in [2.24, 2.45) is 5.92 Å². The minimum Gasteiger partial charge on any atom is -0.383 e. The Bertz CT molecular complexity index is 117. The van der Waals surface area contributed by atoms with E-state index in [9.17, 15) is 0 Å². The van der Waals surface area contributed by atoms with E-state index in [2.05, 4.69) is 31.1 Å². The predicted octanol–water partition coefficient (Wildman–Crippen LogP) is 0.809. The molecule has 80 valence electrons. The van der Waals surface area contributed by atoms with Crippen molar-refractivity contribution in [3.8, 4) is 0 Å². The van der Waals surface area contributed by atoms with Crippen molar-refractivity contribution in [1.82, 2.24) is 10.2 Å². The summed E-state index contributed by atoms with van der Waals surface area (Å²) in [5.41, 5.74) is 0. The Morgan fingerprint density at radius 3 is 2.31 bits per heavy atom. The zero-order valence-corrected chi connectivity index (χ0v) is 9.63. The fourth-order valence-electron chi connectivity index (χ4n) is 1.50. The van der Waals surface area contributed by atoms with Crippen LogP contribution in [0, 0.1) is 5.92 Å². The lowest BCUT2D eigenvalue weighted by atomic mass is 10.2. The van der Waals surface area contributed by atoms with Gasteiger partial charge in [0, 0.05) is 26.2 Å². The second-order valence-electron chi connectivity index (χ2n) is 4.06. The Kier molecular flexibility index (Phi) is 7.23. The lowest BCUT2D eigenvalue weighted by Crippen LogP contribution is -2.41. The van der Waals surface area contributed by atoms with E-state index in [-0.39, 0.29) is 0 Å². The molecule has 0 aromatic carbocycles. The molecular weight excluding hydrogens is 164 g/mol. The van der Waals surface area contributed by atoms with Crippen LogP contribution in [-0.4, -0.2) is 51.8 Å². The summed E-state index contributed by atoms with van der Waals surface area (Å²) in [7, 11) is 5.87. The maximum Gasteiger partial charge on any atom is 0.0628 e. The van der Waals surface area contributed by atoms with Crippen molar-refractivity contribution >= 4 is 0 Å². The standard InChI is InChI=1S/C10H24N2O/c1-9(2)6-12(4)7-10(11-3)8-13-5/h9-11H,6-8H2,1-5H3. The Balaban J connectivity index is 3.65. The molecule has 1 unspecified atom stereocenters. The Hall–Kier alpha value is -0.120. The molecular formula is C10H24N2O. The van der Waals surface area contributed by atoms with Gasteiger partial charge in [-0.05, 0) is 20.0 Å². The van der Waals surface area contributed by atoms with Gasteiger partial charge in [0.1, 0.15) is 0 Å². The SMILES string of the molecule is CNC(COC)CN(C)CC(C)C. The highest BCUT2D eigenvalue weighted by atomic mass is 16.5. The molecule has 3 nitrogen and oxygen atoms in total. The fraction of sp³-hybridized carbons (Fsp3) is 1.00. The number of nitrogens with zero attached hydrogens (tertiary/aromatic N) is 1. The first-order valence-corrected chi connectivity index (χ1v) is 4.94. The number of hydrogen-bond donors (Lipinski definition) is 1. The molecule has 0 aromatic heterocycles. The van der Waals surface area contributed by atoms with Gasteiger partial charge < -0.3 is 15.0 Å². The summed E-state index contributed by atoms with van der Waals surface area (Å²) in [5.74, 6) is 0.727. The Morgan fingerprint density at radius 1 is 1.31 bits per heavy atom. The van der Waals surface area contributed by atoms with Gasteiger partial charge in [0.05, 0.1) is 6.61 Å². The second-order valence-corrected chi connectivity index (χ2v) is 4.06. The summed E-state index contributed by atoms with van der Waals surface area (Å²) < 4.78 is 5.11. The van der Waals surface area contributed by atoms with Gasteiger partial charge >= 0.3 is 0 Å². The molecule has 0 radical (unpaired) electrons. The average Bonchev–Trinajstić information content (AvgIpc) is 2.02. The van der Waals surface area contributed by atoms with Gasteiger partial charge in [-0.1, -0.05) is 13.8 Å². The molecule has 1 N–H and O–H groups in total. The number of ether oxygens (including phenoxy) is 1. The van der Waals surface area contributed by atoms with Crippen molar-refractivity contribution in [1.29, 1.82) is 0 Å². The topological polar surface area (TPSA) is 24.5 Å². The average molecular weight is 188 g/mol. The number of hydrogen-bond acceptors (Lipinski definition) is 3. The molecule has 0 aliphatic rings. The van der Waals surface area contributed by atoms with E-state index in [1.165, 1.54) is 0 Å². The van der Waals surface area contributed by atoms with Crippen molar-refractivity contribution in [2.75, 3.05) is 40.9 Å². The van der Waals surface area contributed by atoms with E-state index in [0.717, 1.165) is 25.6 Å². The number of likely N-dealkylation sites (N-methyl/N-ethyl adjacent to an activating group) is 2. The van der Waals surface area contributed by atoms with Crippen LogP contribution in [-0.2, 0) is 4.74 Å². The molecule has 0 saturated carbocycles. The largest absolute Gasteiger partial charge is 0.383 e. The maximum absolute atomic E-state index is 5.11. The van der Waals surface area contributed by atoms with Crippen LogP contribution in [0.4, 0.5) is 0 Å². The van der Waals surface area contributed by atoms with Gasteiger partial charge in [-0.25, -0.2) is 0 Å². The first kappa shape index (κ1) is 12.9. The van der Waals surface area contributed by atoms with Gasteiger partial charge in [-0.3, -0.25) is 0 Å². The molecule has 0 rings (SSSR count). The Morgan fingerprint density at radius 2 is 1.92 bits per heavy atom. The third-order valence-electron chi connectivity index (χ3n) is 1.98. The van der Waals surface area contributed by atoms with Gasteiger partial charge in [0.25, 0.3) is 0 Å². The summed E-state index contributed by atoms with van der Waals surface area (Å²) in [6.45, 7) is 7.44. The smallest absolute Gasteiger partial charge is 0.0628 e. The van der Waals surface area contributed by atoms with E-state index < -0.39 is 0 Å². The van der Waals surface area contributed by atoms with E-state index in [4.69, 9.17) is 4.74 Å². The number of rotatable bonds is 7. The van der Waals surface area contributed by atoms with Crippen molar-refractivity contribution in [3.05, 3.63) is 0 Å². The van der Waals surface area contributed by atoms with Gasteiger partial charge in [-0.2, -0.15) is 0 Å². The second kappa shape index (κ2) is 7.30. The highest BCUT2D eigenvalue weighted by Gasteiger charge is 2.09. The highest BCUT2D eigenvalue weighted by Crippen LogP contribution is 1.97. The van der Waals surface area contributed by atoms with Crippen molar-refractivity contribution in [3.63, 3.8) is 0 Å². The van der Waals surface area contributed by atoms with Gasteiger partial charge in [-0.15, -0.1) is 0 Å². The third kappa shape index (κ3) is 6.99. The monoisotopic (exact) mass is 188 g/mol. The van der Waals surface area contributed by atoms with Crippen LogP contribution in [0.15, 0.2) is 0 Å². The summed E-state index contributed by atoms with van der Waals surface area (Å²) in [6.07, 6.45) is 0. The minimum absolute atomic E-state index is 0.439. The molecule has 0 saturated heterocycles. The Labute approximate surface area is 82.4 Å². The summed E-state index contributed by atoms with van der Waals surface area (Å²) >= 11 is 0. The zero-order chi connectivity index (χ0) is 10.3. The fourth-order valence-corrected chi connectivity index (χ4v) is 1.50. The summed E-state index contributed by atoms with van der Waals surface area (Å²) in [4.78, 5) is 2.34. The zero-order valence-electron chi connectivity index (χ0n) is 9.63. The highest BCUT2D eigenvalue weighted by molar-refractivity contribution is 4.68. The van der Waals surface area contributed by atoms with E-state index in [0.29, 0.717) is 6.04 Å². The maximum atomic E-state index is 5.11.